The van der Waals surface area contributed by atoms with Gasteiger partial charge < -0.3 is 23.7 Å². The summed E-state index contributed by atoms with van der Waals surface area (Å²) in [6.07, 6.45) is 0.378. The molecule has 0 N–H and O–H groups in total. The maximum absolute atomic E-state index is 5.96. The topological polar surface area (TPSA) is 46.2 Å². The van der Waals surface area contributed by atoms with E-state index >= 15 is 0 Å². The Bertz CT molecular complexity index is 239. The van der Waals surface area contributed by atoms with Gasteiger partial charge in [-0.2, -0.15) is 0 Å². The third-order valence-electron chi connectivity index (χ3n) is 3.68. The van der Waals surface area contributed by atoms with Crippen LogP contribution in [-0.2, 0) is 23.7 Å². The molecule has 0 aromatic heterocycles. The summed E-state index contributed by atoms with van der Waals surface area (Å²) in [5.74, 6) is 0. The fourth-order valence-corrected chi connectivity index (χ4v) is 3.03. The average Bonchev–Trinajstić information content (AvgIpc) is 2.47. The molecule has 1 aliphatic rings. The minimum Gasteiger partial charge on any atom is -0.376 e. The van der Waals surface area contributed by atoms with Gasteiger partial charge in [-0.15, -0.1) is 0 Å². The first-order chi connectivity index (χ1) is 10.2. The van der Waals surface area contributed by atoms with Gasteiger partial charge in [0.25, 0.3) is 0 Å². The fraction of sp³-hybridized carbons (Fsp3) is 1.00. The van der Waals surface area contributed by atoms with Gasteiger partial charge in [0.05, 0.1) is 12.2 Å². The lowest BCUT2D eigenvalue weighted by Gasteiger charge is -2.45. The molecule has 1 fully saturated rings. The van der Waals surface area contributed by atoms with Gasteiger partial charge in [0, 0.05) is 39.5 Å². The van der Waals surface area contributed by atoms with Crippen LogP contribution >= 0.6 is 0 Å². The molecule has 0 amide bonds. The van der Waals surface area contributed by atoms with Gasteiger partial charge in [0.15, 0.2) is 0 Å². The Morgan fingerprint density at radius 3 is 1.19 bits per heavy atom. The van der Waals surface area contributed by atoms with Crippen molar-refractivity contribution >= 4 is 0 Å². The molecule has 5 atom stereocenters. The average molecular weight is 304 g/mol. The van der Waals surface area contributed by atoms with Gasteiger partial charge in [-0.1, -0.05) is 0 Å². The number of ether oxygens (including phenoxy) is 5. The van der Waals surface area contributed by atoms with E-state index in [1.807, 2.05) is 34.6 Å². The van der Waals surface area contributed by atoms with Crippen molar-refractivity contribution in [2.45, 2.75) is 71.6 Å². The molecule has 0 aromatic carbocycles. The van der Waals surface area contributed by atoms with Crippen LogP contribution < -0.4 is 0 Å². The van der Waals surface area contributed by atoms with Crippen molar-refractivity contribution in [3.63, 3.8) is 0 Å². The van der Waals surface area contributed by atoms with Crippen molar-refractivity contribution in [3.8, 4) is 0 Å². The Balaban J connectivity index is 2.95. The van der Waals surface area contributed by atoms with Crippen LogP contribution in [0.25, 0.3) is 0 Å². The van der Waals surface area contributed by atoms with Gasteiger partial charge >= 0.3 is 0 Å². The zero-order chi connectivity index (χ0) is 15.7. The molecule has 0 bridgehead atoms. The van der Waals surface area contributed by atoms with E-state index in [2.05, 4.69) is 0 Å². The van der Waals surface area contributed by atoms with Gasteiger partial charge in [0.2, 0.25) is 0 Å². The summed E-state index contributed by atoms with van der Waals surface area (Å²) in [4.78, 5) is 0. The van der Waals surface area contributed by atoms with Gasteiger partial charge in [-0.3, -0.25) is 0 Å². The Hall–Kier alpha value is -0.200. The minimum absolute atomic E-state index is 0.0141. The summed E-state index contributed by atoms with van der Waals surface area (Å²) in [6, 6.07) is 0. The van der Waals surface area contributed by atoms with Crippen molar-refractivity contribution < 1.29 is 23.7 Å². The summed E-state index contributed by atoms with van der Waals surface area (Å²) in [5.41, 5.74) is 0. The summed E-state index contributed by atoms with van der Waals surface area (Å²) in [7, 11) is 0. The molecule has 0 radical (unpaired) electrons. The predicted octanol–water partition coefficient (Wildman–Crippen LogP) is 2.42. The highest BCUT2D eigenvalue weighted by atomic mass is 16.6. The van der Waals surface area contributed by atoms with Crippen molar-refractivity contribution in [3.05, 3.63) is 0 Å². The second kappa shape index (κ2) is 10.5. The van der Waals surface area contributed by atoms with Crippen LogP contribution in [0.15, 0.2) is 0 Å². The molecular weight excluding hydrogens is 272 g/mol. The van der Waals surface area contributed by atoms with Crippen molar-refractivity contribution in [1.29, 1.82) is 0 Å². The number of hydrogen-bond acceptors (Lipinski definition) is 5. The molecule has 5 nitrogen and oxygen atoms in total. The van der Waals surface area contributed by atoms with E-state index in [1.54, 1.807) is 0 Å². The van der Waals surface area contributed by atoms with Crippen molar-refractivity contribution in [1.82, 2.24) is 0 Å². The van der Waals surface area contributed by atoms with E-state index in [0.29, 0.717) is 33.0 Å². The summed E-state index contributed by atoms with van der Waals surface area (Å²) >= 11 is 0. The van der Waals surface area contributed by atoms with Crippen LogP contribution in [0.4, 0.5) is 0 Å². The molecule has 1 aliphatic carbocycles. The highest BCUT2D eigenvalue weighted by Crippen LogP contribution is 2.31. The second-order valence-corrected chi connectivity index (χ2v) is 4.98. The first-order valence-corrected chi connectivity index (χ1v) is 8.31. The molecule has 1 rings (SSSR count). The molecule has 21 heavy (non-hydrogen) atoms. The summed E-state index contributed by atoms with van der Waals surface area (Å²) in [5, 5.41) is 0. The van der Waals surface area contributed by atoms with Crippen LogP contribution in [0, 0.1) is 0 Å². The van der Waals surface area contributed by atoms with Gasteiger partial charge in [-0.05, 0) is 34.6 Å². The quantitative estimate of drug-likeness (QED) is 0.620. The molecule has 5 heteroatoms. The largest absolute Gasteiger partial charge is 0.376 e. The van der Waals surface area contributed by atoms with Crippen LogP contribution in [0.1, 0.15) is 41.0 Å². The van der Waals surface area contributed by atoms with Gasteiger partial charge in [-0.25, -0.2) is 0 Å². The monoisotopic (exact) mass is 304 g/mol. The predicted molar refractivity (Wildman–Crippen MR) is 81.7 cm³/mol. The third kappa shape index (κ3) is 5.18. The Morgan fingerprint density at radius 1 is 0.524 bits per heavy atom. The minimum atomic E-state index is -0.156. The molecule has 0 saturated heterocycles. The molecule has 0 heterocycles. The lowest BCUT2D eigenvalue weighted by atomic mass is 9.86. The highest BCUT2D eigenvalue weighted by Gasteiger charge is 2.47. The Morgan fingerprint density at radius 2 is 0.857 bits per heavy atom. The smallest absolute Gasteiger partial charge is 0.115 e. The first-order valence-electron chi connectivity index (χ1n) is 8.31. The molecule has 0 unspecified atom stereocenters. The zero-order valence-electron chi connectivity index (χ0n) is 14.2. The lowest BCUT2D eigenvalue weighted by Crippen LogP contribution is -2.60. The molecule has 126 valence electrons. The normalized spacial score (nSPS) is 33.3. The maximum atomic E-state index is 5.96. The van der Waals surface area contributed by atoms with Gasteiger partial charge in [0.1, 0.15) is 18.3 Å². The first kappa shape index (κ1) is 18.8. The molecule has 0 aliphatic heterocycles. The summed E-state index contributed by atoms with van der Waals surface area (Å²) < 4.78 is 29.6. The van der Waals surface area contributed by atoms with Crippen LogP contribution in [-0.4, -0.2) is 63.6 Å². The van der Waals surface area contributed by atoms with E-state index in [9.17, 15) is 0 Å². The second-order valence-electron chi connectivity index (χ2n) is 4.98. The van der Waals surface area contributed by atoms with E-state index in [0.717, 1.165) is 6.42 Å². The zero-order valence-corrected chi connectivity index (χ0v) is 14.2. The van der Waals surface area contributed by atoms with Crippen LogP contribution in [0.2, 0.25) is 0 Å². The highest BCUT2D eigenvalue weighted by molar-refractivity contribution is 4.97. The molecule has 1 saturated carbocycles. The lowest BCUT2D eigenvalue weighted by molar-refractivity contribution is -0.235. The van der Waals surface area contributed by atoms with Crippen molar-refractivity contribution in [2.24, 2.45) is 0 Å². The molecule has 0 spiro atoms. The van der Waals surface area contributed by atoms with Crippen LogP contribution in [0.5, 0.6) is 0 Å². The van der Waals surface area contributed by atoms with Crippen LogP contribution in [0.3, 0.4) is 0 Å². The Labute approximate surface area is 129 Å². The Kier molecular flexibility index (Phi) is 9.44. The fourth-order valence-electron chi connectivity index (χ4n) is 3.03. The van der Waals surface area contributed by atoms with E-state index in [4.69, 9.17) is 23.7 Å². The third-order valence-corrected chi connectivity index (χ3v) is 3.68. The van der Waals surface area contributed by atoms with Crippen molar-refractivity contribution in [2.75, 3.05) is 33.0 Å². The number of hydrogen-bond donors (Lipinski definition) is 0. The molecular formula is C16H32O5. The van der Waals surface area contributed by atoms with E-state index in [-0.39, 0.29) is 30.5 Å². The van der Waals surface area contributed by atoms with E-state index < -0.39 is 0 Å². The summed E-state index contributed by atoms with van der Waals surface area (Å²) in [6.45, 7) is 13.2. The SMILES string of the molecule is CCO[C@@H]1[C@@H](OCC)[C@@H](OCC)C[C@H](OCC)[C@H]1OCC. The molecule has 0 aromatic rings. The van der Waals surface area contributed by atoms with E-state index in [1.165, 1.54) is 0 Å². The standard InChI is InChI=1S/C16H32O5/c1-6-17-12-11-13(18-7-2)15(20-9-4)16(21-10-5)14(12)19-8-3/h12-16H,6-11H2,1-5H3/t12-,13-,14-,15+,16+/m0/s1. The maximum Gasteiger partial charge on any atom is 0.115 e. The number of rotatable bonds is 10.